The second-order valence-electron chi connectivity index (χ2n) is 5.72. The third-order valence-corrected chi connectivity index (χ3v) is 4.31. The van der Waals surface area contributed by atoms with Crippen LogP contribution in [0.2, 0.25) is 0 Å². The van der Waals surface area contributed by atoms with Gasteiger partial charge < -0.3 is 14.6 Å². The fourth-order valence-electron chi connectivity index (χ4n) is 3.10. The average molecular weight is 284 g/mol. The van der Waals surface area contributed by atoms with Gasteiger partial charge >= 0.3 is 0 Å². The van der Waals surface area contributed by atoms with Crippen LogP contribution in [0.5, 0.6) is 0 Å². The van der Waals surface area contributed by atoms with Crippen LogP contribution in [0, 0.1) is 11.6 Å². The van der Waals surface area contributed by atoms with E-state index in [4.69, 9.17) is 9.47 Å². The first-order chi connectivity index (χ1) is 9.52. The summed E-state index contributed by atoms with van der Waals surface area (Å²) in [5.74, 6) is -2.30. The summed E-state index contributed by atoms with van der Waals surface area (Å²) in [5.41, 5.74) is -0.799. The van der Waals surface area contributed by atoms with Gasteiger partial charge in [0.25, 0.3) is 0 Å². The van der Waals surface area contributed by atoms with Crippen molar-refractivity contribution in [2.75, 3.05) is 13.2 Å². The van der Waals surface area contributed by atoms with E-state index in [9.17, 15) is 13.9 Å². The highest BCUT2D eigenvalue weighted by atomic mass is 19.2. The number of ether oxygens (including phenoxy) is 2. The van der Waals surface area contributed by atoms with Crippen molar-refractivity contribution in [2.24, 2.45) is 0 Å². The number of hydrogen-bond donors (Lipinski definition) is 1. The molecule has 1 N–H and O–H groups in total. The summed E-state index contributed by atoms with van der Waals surface area (Å²) in [7, 11) is 0. The molecule has 2 fully saturated rings. The zero-order chi connectivity index (χ0) is 14.2. The van der Waals surface area contributed by atoms with Gasteiger partial charge in [0, 0.05) is 19.3 Å². The highest BCUT2D eigenvalue weighted by Gasteiger charge is 2.45. The summed E-state index contributed by atoms with van der Waals surface area (Å²) >= 11 is 0. The number of hydrogen-bond acceptors (Lipinski definition) is 3. The van der Waals surface area contributed by atoms with Crippen molar-refractivity contribution in [3.8, 4) is 0 Å². The van der Waals surface area contributed by atoms with Gasteiger partial charge in [0.15, 0.2) is 17.4 Å². The fourth-order valence-corrected chi connectivity index (χ4v) is 3.10. The van der Waals surface area contributed by atoms with E-state index < -0.39 is 23.0 Å². The summed E-state index contributed by atoms with van der Waals surface area (Å²) in [6, 6.07) is 4.06. The van der Waals surface area contributed by atoms with Crippen LogP contribution in [-0.4, -0.2) is 29.7 Å². The first-order valence-corrected chi connectivity index (χ1v) is 6.95. The van der Waals surface area contributed by atoms with Crippen LogP contribution in [0.25, 0.3) is 0 Å². The minimum Gasteiger partial charge on any atom is -0.390 e. The lowest BCUT2D eigenvalue weighted by Crippen LogP contribution is -2.44. The smallest absolute Gasteiger partial charge is 0.168 e. The van der Waals surface area contributed by atoms with Gasteiger partial charge in [-0.05, 0) is 24.5 Å². The summed E-state index contributed by atoms with van der Waals surface area (Å²) in [6.45, 7) is 1.16. The Kier molecular flexibility index (Phi) is 3.52. The van der Waals surface area contributed by atoms with Crippen molar-refractivity contribution in [3.63, 3.8) is 0 Å². The van der Waals surface area contributed by atoms with E-state index >= 15 is 0 Å². The van der Waals surface area contributed by atoms with Crippen molar-refractivity contribution >= 4 is 0 Å². The van der Waals surface area contributed by atoms with Gasteiger partial charge in [0.1, 0.15) is 0 Å². The summed E-state index contributed by atoms with van der Waals surface area (Å²) in [4.78, 5) is 0. The van der Waals surface area contributed by atoms with Crippen LogP contribution in [-0.2, 0) is 15.9 Å². The van der Waals surface area contributed by atoms with Crippen LogP contribution < -0.4 is 0 Å². The van der Waals surface area contributed by atoms with E-state index in [1.807, 2.05) is 0 Å². The van der Waals surface area contributed by atoms with Gasteiger partial charge in [-0.1, -0.05) is 12.1 Å². The molecule has 0 atom stereocenters. The normalized spacial score (nSPS) is 24.1. The minimum atomic E-state index is -1.02. The van der Waals surface area contributed by atoms with Crippen LogP contribution >= 0.6 is 0 Å². The van der Waals surface area contributed by atoms with Crippen molar-refractivity contribution in [2.45, 2.75) is 43.5 Å². The molecule has 0 aromatic heterocycles. The largest absolute Gasteiger partial charge is 0.390 e. The lowest BCUT2D eigenvalue weighted by molar-refractivity contribution is -0.202. The van der Waals surface area contributed by atoms with Gasteiger partial charge in [-0.25, -0.2) is 8.78 Å². The number of halogens is 2. The molecule has 1 heterocycles. The Morgan fingerprint density at radius 2 is 1.70 bits per heavy atom. The molecule has 3 nitrogen and oxygen atoms in total. The molecule has 1 aliphatic carbocycles. The Labute approximate surface area is 116 Å². The zero-order valence-electron chi connectivity index (χ0n) is 11.2. The molecule has 0 unspecified atom stereocenters. The van der Waals surface area contributed by atoms with Crippen LogP contribution in [0.15, 0.2) is 18.2 Å². The molecule has 1 spiro atoms. The highest BCUT2D eigenvalue weighted by Crippen LogP contribution is 2.41. The molecule has 1 saturated heterocycles. The predicted molar refractivity (Wildman–Crippen MR) is 68.1 cm³/mol. The van der Waals surface area contributed by atoms with E-state index in [1.54, 1.807) is 0 Å². The maximum absolute atomic E-state index is 13.7. The Morgan fingerprint density at radius 3 is 2.35 bits per heavy atom. The SMILES string of the molecule is OC1(Cc2cccc(F)c2F)CCC2(CC1)OCCO2. The first kappa shape index (κ1) is 13.9. The first-order valence-electron chi connectivity index (χ1n) is 6.95. The van der Waals surface area contributed by atoms with E-state index in [1.165, 1.54) is 12.1 Å². The minimum absolute atomic E-state index is 0.118. The second kappa shape index (κ2) is 5.06. The Morgan fingerprint density at radius 1 is 1.05 bits per heavy atom. The van der Waals surface area contributed by atoms with Crippen molar-refractivity contribution in [1.82, 2.24) is 0 Å². The summed E-state index contributed by atoms with van der Waals surface area (Å²) in [6.07, 6.45) is 2.21. The standard InChI is InChI=1S/C15H18F2O3/c16-12-3-1-2-11(13(12)17)10-14(18)4-6-15(7-5-14)19-8-9-20-15/h1-3,18H,4-10H2. The lowest BCUT2D eigenvalue weighted by atomic mass is 9.78. The monoisotopic (exact) mass is 284 g/mol. The Balaban J connectivity index is 1.70. The average Bonchev–Trinajstić information content (AvgIpc) is 2.88. The molecule has 1 aromatic carbocycles. The maximum Gasteiger partial charge on any atom is 0.168 e. The third kappa shape index (κ3) is 2.57. The molecule has 0 amide bonds. The van der Waals surface area contributed by atoms with Gasteiger partial charge in [-0.3, -0.25) is 0 Å². The Bertz CT molecular complexity index is 488. The van der Waals surface area contributed by atoms with Crippen LogP contribution in [0.1, 0.15) is 31.2 Å². The molecule has 110 valence electrons. The molecule has 1 saturated carbocycles. The zero-order valence-corrected chi connectivity index (χ0v) is 11.2. The quantitative estimate of drug-likeness (QED) is 0.907. The molecule has 20 heavy (non-hydrogen) atoms. The number of rotatable bonds is 2. The molecular formula is C15H18F2O3. The van der Waals surface area contributed by atoms with E-state index in [2.05, 4.69) is 0 Å². The predicted octanol–water partition coefficient (Wildman–Crippen LogP) is 2.56. The van der Waals surface area contributed by atoms with Crippen LogP contribution in [0.3, 0.4) is 0 Å². The number of aliphatic hydroxyl groups is 1. The van der Waals surface area contributed by atoms with Crippen molar-refractivity contribution < 1.29 is 23.4 Å². The third-order valence-electron chi connectivity index (χ3n) is 4.31. The molecule has 1 aliphatic heterocycles. The highest BCUT2D eigenvalue weighted by molar-refractivity contribution is 5.21. The molecule has 3 rings (SSSR count). The van der Waals surface area contributed by atoms with Gasteiger partial charge in [0.2, 0.25) is 0 Å². The second-order valence-corrected chi connectivity index (χ2v) is 5.72. The fraction of sp³-hybridized carbons (Fsp3) is 0.600. The van der Waals surface area contributed by atoms with Crippen molar-refractivity contribution in [1.29, 1.82) is 0 Å². The Hall–Kier alpha value is -1.04. The molecular weight excluding hydrogens is 266 g/mol. The van der Waals surface area contributed by atoms with Crippen LogP contribution in [0.4, 0.5) is 8.78 Å². The maximum atomic E-state index is 13.7. The molecule has 5 heteroatoms. The molecule has 0 bridgehead atoms. The van der Waals surface area contributed by atoms with E-state index in [0.29, 0.717) is 38.9 Å². The lowest BCUT2D eigenvalue weighted by Gasteiger charge is -2.40. The topological polar surface area (TPSA) is 38.7 Å². The van der Waals surface area contributed by atoms with E-state index in [0.717, 1.165) is 6.07 Å². The van der Waals surface area contributed by atoms with Gasteiger partial charge in [-0.2, -0.15) is 0 Å². The summed E-state index contributed by atoms with van der Waals surface area (Å²) in [5, 5.41) is 10.6. The van der Waals surface area contributed by atoms with Gasteiger partial charge in [-0.15, -0.1) is 0 Å². The van der Waals surface area contributed by atoms with E-state index in [-0.39, 0.29) is 12.0 Å². The van der Waals surface area contributed by atoms with Gasteiger partial charge in [0.05, 0.1) is 18.8 Å². The van der Waals surface area contributed by atoms with Crippen molar-refractivity contribution in [3.05, 3.63) is 35.4 Å². The molecule has 1 aromatic rings. The molecule has 0 radical (unpaired) electrons. The summed E-state index contributed by atoms with van der Waals surface area (Å²) < 4.78 is 38.1. The molecule has 2 aliphatic rings. The number of benzene rings is 1.